The highest BCUT2D eigenvalue weighted by molar-refractivity contribution is 6.07. The van der Waals surface area contributed by atoms with Crippen molar-refractivity contribution in [2.45, 2.75) is 12.5 Å². The number of benzene rings is 1. The van der Waals surface area contributed by atoms with E-state index in [1.54, 1.807) is 29.4 Å². The van der Waals surface area contributed by atoms with Gasteiger partial charge >= 0.3 is 0 Å². The molecule has 0 radical (unpaired) electrons. The monoisotopic (exact) mass is 352 g/mol. The number of anilines is 2. The predicted molar refractivity (Wildman–Crippen MR) is 97.3 cm³/mol. The van der Waals surface area contributed by atoms with Crippen LogP contribution in [0.1, 0.15) is 15.9 Å². The van der Waals surface area contributed by atoms with E-state index in [0.29, 0.717) is 31.9 Å². The Kier molecular flexibility index (Phi) is 4.64. The number of amides is 2. The van der Waals surface area contributed by atoms with Gasteiger partial charge in [0.2, 0.25) is 5.91 Å². The van der Waals surface area contributed by atoms with E-state index in [0.717, 1.165) is 23.4 Å². The van der Waals surface area contributed by atoms with E-state index in [9.17, 15) is 9.59 Å². The maximum Gasteiger partial charge on any atom is 0.259 e. The van der Waals surface area contributed by atoms with Gasteiger partial charge in [-0.2, -0.15) is 0 Å². The Balaban J connectivity index is 1.48. The molecule has 2 N–H and O–H groups in total. The number of aromatic nitrogens is 1. The molecule has 1 fully saturated rings. The molecule has 4 rings (SSSR count). The summed E-state index contributed by atoms with van der Waals surface area (Å²) in [5.41, 5.74) is 3.24. The molecule has 2 aliphatic rings. The molecule has 0 spiro atoms. The van der Waals surface area contributed by atoms with Crippen LogP contribution in [-0.4, -0.2) is 49.1 Å². The SMILES string of the molecule is O=C(Nc1ccc2c(c1)CCN2C(=O)c1cccnc1)C1COCCN1. The lowest BCUT2D eigenvalue weighted by atomic mass is 10.1. The van der Waals surface area contributed by atoms with Crippen molar-refractivity contribution in [3.8, 4) is 0 Å². The van der Waals surface area contributed by atoms with Crippen molar-refractivity contribution in [2.75, 3.05) is 36.5 Å². The standard InChI is InChI=1S/C19H20N4O3/c24-18(16-12-26-9-7-21-16)22-15-3-4-17-13(10-15)5-8-23(17)19(25)14-2-1-6-20-11-14/h1-4,6,10-11,16,21H,5,7-9,12H2,(H,22,24). The Morgan fingerprint density at radius 2 is 2.23 bits per heavy atom. The summed E-state index contributed by atoms with van der Waals surface area (Å²) in [7, 11) is 0. The molecule has 0 saturated carbocycles. The van der Waals surface area contributed by atoms with Crippen molar-refractivity contribution in [1.29, 1.82) is 0 Å². The van der Waals surface area contributed by atoms with Crippen LogP contribution in [0.5, 0.6) is 0 Å². The summed E-state index contributed by atoms with van der Waals surface area (Å²) in [5.74, 6) is -0.164. The molecule has 2 aromatic rings. The molecule has 3 heterocycles. The predicted octanol–water partition coefficient (Wildman–Crippen LogP) is 1.21. The van der Waals surface area contributed by atoms with E-state index in [1.165, 1.54) is 0 Å². The number of rotatable bonds is 3. The van der Waals surface area contributed by atoms with Gasteiger partial charge in [-0.25, -0.2) is 0 Å². The van der Waals surface area contributed by atoms with Crippen LogP contribution in [-0.2, 0) is 16.0 Å². The summed E-state index contributed by atoms with van der Waals surface area (Å²) < 4.78 is 5.32. The van der Waals surface area contributed by atoms with Crippen molar-refractivity contribution in [3.63, 3.8) is 0 Å². The number of morpholine rings is 1. The zero-order chi connectivity index (χ0) is 17.9. The van der Waals surface area contributed by atoms with Crippen LogP contribution in [0.4, 0.5) is 11.4 Å². The Hall–Kier alpha value is -2.77. The Labute approximate surface area is 151 Å². The molecule has 1 aromatic carbocycles. The quantitative estimate of drug-likeness (QED) is 0.868. The van der Waals surface area contributed by atoms with Crippen LogP contribution in [0, 0.1) is 0 Å². The molecule has 7 heteroatoms. The minimum absolute atomic E-state index is 0.0582. The van der Waals surface area contributed by atoms with Gasteiger partial charge < -0.3 is 20.3 Å². The first-order chi connectivity index (χ1) is 12.7. The number of carbonyl (C=O) groups excluding carboxylic acids is 2. The van der Waals surface area contributed by atoms with Gasteiger partial charge in [0, 0.05) is 36.9 Å². The third-order valence-corrected chi connectivity index (χ3v) is 4.63. The lowest BCUT2D eigenvalue weighted by Crippen LogP contribution is -2.48. The molecular formula is C19H20N4O3. The number of hydrogen-bond donors (Lipinski definition) is 2. The van der Waals surface area contributed by atoms with E-state index >= 15 is 0 Å². The van der Waals surface area contributed by atoms with Crippen LogP contribution in [0.3, 0.4) is 0 Å². The molecule has 7 nitrogen and oxygen atoms in total. The van der Waals surface area contributed by atoms with Crippen LogP contribution in [0.25, 0.3) is 0 Å². The van der Waals surface area contributed by atoms with Gasteiger partial charge in [-0.3, -0.25) is 14.6 Å². The molecule has 0 aliphatic carbocycles. The largest absolute Gasteiger partial charge is 0.378 e. The third kappa shape index (κ3) is 3.31. The molecule has 1 saturated heterocycles. The molecule has 1 aromatic heterocycles. The maximum atomic E-state index is 12.7. The van der Waals surface area contributed by atoms with E-state index < -0.39 is 0 Å². The fourth-order valence-electron chi connectivity index (χ4n) is 3.30. The zero-order valence-electron chi connectivity index (χ0n) is 14.3. The molecular weight excluding hydrogens is 332 g/mol. The normalized spacial score (nSPS) is 19.1. The minimum Gasteiger partial charge on any atom is -0.378 e. The Morgan fingerprint density at radius 1 is 1.31 bits per heavy atom. The van der Waals surface area contributed by atoms with Gasteiger partial charge in [0.25, 0.3) is 5.91 Å². The van der Waals surface area contributed by atoms with Crippen molar-refractivity contribution < 1.29 is 14.3 Å². The van der Waals surface area contributed by atoms with Crippen molar-refractivity contribution >= 4 is 23.2 Å². The summed E-state index contributed by atoms with van der Waals surface area (Å²) in [4.78, 5) is 30.7. The van der Waals surface area contributed by atoms with Crippen LogP contribution in [0.15, 0.2) is 42.7 Å². The smallest absolute Gasteiger partial charge is 0.259 e. The number of hydrogen-bond acceptors (Lipinski definition) is 5. The molecule has 2 aliphatic heterocycles. The Bertz CT molecular complexity index is 819. The van der Waals surface area contributed by atoms with E-state index in [4.69, 9.17) is 4.74 Å². The summed E-state index contributed by atoms with van der Waals surface area (Å²) in [6, 6.07) is 8.84. The number of nitrogens with one attached hydrogen (secondary N) is 2. The zero-order valence-corrected chi connectivity index (χ0v) is 14.3. The second-order valence-corrected chi connectivity index (χ2v) is 6.36. The molecule has 1 unspecified atom stereocenters. The van der Waals surface area contributed by atoms with E-state index in [-0.39, 0.29) is 17.9 Å². The van der Waals surface area contributed by atoms with Crippen LogP contribution in [0.2, 0.25) is 0 Å². The third-order valence-electron chi connectivity index (χ3n) is 4.63. The first-order valence-electron chi connectivity index (χ1n) is 8.69. The topological polar surface area (TPSA) is 83.6 Å². The highest BCUT2D eigenvalue weighted by atomic mass is 16.5. The lowest BCUT2D eigenvalue weighted by Gasteiger charge is -2.23. The number of ether oxygens (including phenoxy) is 1. The average molecular weight is 352 g/mol. The van der Waals surface area contributed by atoms with Gasteiger partial charge in [0.15, 0.2) is 0 Å². The fourth-order valence-corrected chi connectivity index (χ4v) is 3.30. The van der Waals surface area contributed by atoms with Gasteiger partial charge in [-0.05, 0) is 42.3 Å². The van der Waals surface area contributed by atoms with Crippen LogP contribution < -0.4 is 15.5 Å². The second kappa shape index (κ2) is 7.23. The lowest BCUT2D eigenvalue weighted by molar-refractivity contribution is -0.120. The maximum absolute atomic E-state index is 12.7. The second-order valence-electron chi connectivity index (χ2n) is 6.36. The number of fused-ring (bicyclic) bond motifs is 1. The summed E-state index contributed by atoms with van der Waals surface area (Å²) in [5, 5.41) is 6.06. The van der Waals surface area contributed by atoms with Crippen LogP contribution >= 0.6 is 0 Å². The van der Waals surface area contributed by atoms with Gasteiger partial charge in [0.05, 0.1) is 18.8 Å². The van der Waals surface area contributed by atoms with Crippen molar-refractivity contribution in [3.05, 3.63) is 53.9 Å². The summed E-state index contributed by atoms with van der Waals surface area (Å²) >= 11 is 0. The fraction of sp³-hybridized carbons (Fsp3) is 0.316. The molecule has 2 amide bonds. The van der Waals surface area contributed by atoms with E-state index in [2.05, 4.69) is 15.6 Å². The molecule has 1 atom stereocenters. The first kappa shape index (κ1) is 16.7. The highest BCUT2D eigenvalue weighted by Crippen LogP contribution is 2.31. The Morgan fingerprint density at radius 3 is 3.00 bits per heavy atom. The van der Waals surface area contributed by atoms with Gasteiger partial charge in [-0.15, -0.1) is 0 Å². The number of pyridine rings is 1. The van der Waals surface area contributed by atoms with E-state index in [1.807, 2.05) is 18.2 Å². The molecule has 134 valence electrons. The molecule has 0 bridgehead atoms. The van der Waals surface area contributed by atoms with Crippen molar-refractivity contribution in [2.24, 2.45) is 0 Å². The van der Waals surface area contributed by atoms with Gasteiger partial charge in [-0.1, -0.05) is 0 Å². The summed E-state index contributed by atoms with van der Waals surface area (Å²) in [6.45, 7) is 2.31. The first-order valence-corrected chi connectivity index (χ1v) is 8.69. The highest BCUT2D eigenvalue weighted by Gasteiger charge is 2.27. The number of nitrogens with zero attached hydrogens (tertiary/aromatic N) is 2. The van der Waals surface area contributed by atoms with Gasteiger partial charge in [0.1, 0.15) is 6.04 Å². The minimum atomic E-state index is -0.333. The molecule has 26 heavy (non-hydrogen) atoms. The van der Waals surface area contributed by atoms with Crippen molar-refractivity contribution in [1.82, 2.24) is 10.3 Å². The number of carbonyl (C=O) groups is 2. The summed E-state index contributed by atoms with van der Waals surface area (Å²) in [6.07, 6.45) is 3.99. The average Bonchev–Trinajstić information content (AvgIpc) is 3.12.